The summed E-state index contributed by atoms with van der Waals surface area (Å²) < 4.78 is 5.57. The molecule has 1 amide bonds. The molecule has 106 valence electrons. The lowest BCUT2D eigenvalue weighted by atomic mass is 10.2. The summed E-state index contributed by atoms with van der Waals surface area (Å²) in [6.45, 7) is 1.59. The molecular formula is C15H19N3O2. The van der Waals surface area contributed by atoms with E-state index in [0.717, 1.165) is 18.6 Å². The van der Waals surface area contributed by atoms with Crippen LogP contribution in [0.2, 0.25) is 0 Å². The summed E-state index contributed by atoms with van der Waals surface area (Å²) in [7, 11) is 1.90. The first kappa shape index (κ1) is 14.4. The maximum Gasteiger partial charge on any atom is 0.234 e. The van der Waals surface area contributed by atoms with Gasteiger partial charge in [0.25, 0.3) is 0 Å². The Balaban J connectivity index is 1.63. The number of ether oxygens (including phenoxy) is 1. The Morgan fingerprint density at radius 2 is 2.15 bits per heavy atom. The molecule has 0 heterocycles. The van der Waals surface area contributed by atoms with Gasteiger partial charge >= 0.3 is 0 Å². The Morgan fingerprint density at radius 1 is 1.45 bits per heavy atom. The molecule has 0 saturated heterocycles. The van der Waals surface area contributed by atoms with E-state index >= 15 is 0 Å². The van der Waals surface area contributed by atoms with Crippen molar-refractivity contribution in [3.05, 3.63) is 29.8 Å². The van der Waals surface area contributed by atoms with Gasteiger partial charge in [-0.2, -0.15) is 5.26 Å². The predicted octanol–water partition coefficient (Wildman–Crippen LogP) is 1.15. The molecule has 1 aromatic carbocycles. The standard InChI is InChI=1S/C15H19N3O2/c1-18(11-15(19)17-13-4-5-13)8-9-20-14-6-2-12(10-16)3-7-14/h2-3,6-7,13H,4-5,8-9,11H2,1H3,(H,17,19). The number of nitrogens with zero attached hydrogens (tertiary/aromatic N) is 2. The van der Waals surface area contributed by atoms with E-state index in [-0.39, 0.29) is 5.91 Å². The molecule has 1 fully saturated rings. The molecule has 0 bridgehead atoms. The van der Waals surface area contributed by atoms with E-state index in [1.165, 1.54) is 0 Å². The van der Waals surface area contributed by atoms with Crippen LogP contribution in [0.3, 0.4) is 0 Å². The lowest BCUT2D eigenvalue weighted by Crippen LogP contribution is -2.37. The molecule has 5 heteroatoms. The first-order chi connectivity index (χ1) is 9.67. The minimum Gasteiger partial charge on any atom is -0.492 e. The van der Waals surface area contributed by atoms with E-state index in [4.69, 9.17) is 10.00 Å². The largest absolute Gasteiger partial charge is 0.492 e. The van der Waals surface area contributed by atoms with Crippen LogP contribution in [-0.4, -0.2) is 43.6 Å². The minimum atomic E-state index is 0.0772. The molecule has 20 heavy (non-hydrogen) atoms. The Kier molecular flexibility index (Phi) is 4.97. The van der Waals surface area contributed by atoms with Crippen LogP contribution in [0.1, 0.15) is 18.4 Å². The summed E-state index contributed by atoms with van der Waals surface area (Å²) in [5.41, 5.74) is 0.617. The van der Waals surface area contributed by atoms with Crippen LogP contribution in [0.25, 0.3) is 0 Å². The van der Waals surface area contributed by atoms with E-state index in [1.54, 1.807) is 24.3 Å². The summed E-state index contributed by atoms with van der Waals surface area (Å²) in [5.74, 6) is 0.813. The summed E-state index contributed by atoms with van der Waals surface area (Å²) in [6, 6.07) is 9.47. The summed E-state index contributed by atoms with van der Waals surface area (Å²) in [5, 5.41) is 11.6. The average Bonchev–Trinajstić information content (AvgIpc) is 3.23. The number of nitriles is 1. The number of amides is 1. The normalized spacial score (nSPS) is 13.8. The van der Waals surface area contributed by atoms with Gasteiger partial charge in [-0.05, 0) is 44.2 Å². The van der Waals surface area contributed by atoms with E-state index in [0.29, 0.717) is 31.3 Å². The Bertz CT molecular complexity index is 489. The lowest BCUT2D eigenvalue weighted by Gasteiger charge is -2.16. The number of benzene rings is 1. The van der Waals surface area contributed by atoms with Crippen molar-refractivity contribution in [3.63, 3.8) is 0 Å². The zero-order valence-electron chi connectivity index (χ0n) is 11.6. The van der Waals surface area contributed by atoms with Crippen molar-refractivity contribution in [3.8, 4) is 11.8 Å². The maximum absolute atomic E-state index is 11.6. The van der Waals surface area contributed by atoms with Crippen LogP contribution in [0.15, 0.2) is 24.3 Å². The third-order valence-electron chi connectivity index (χ3n) is 3.08. The van der Waals surface area contributed by atoms with Crippen molar-refractivity contribution in [2.45, 2.75) is 18.9 Å². The van der Waals surface area contributed by atoms with Gasteiger partial charge in [-0.1, -0.05) is 0 Å². The fraction of sp³-hybridized carbons (Fsp3) is 0.467. The molecule has 0 radical (unpaired) electrons. The van der Waals surface area contributed by atoms with Gasteiger partial charge in [0.05, 0.1) is 18.2 Å². The molecule has 5 nitrogen and oxygen atoms in total. The summed E-state index contributed by atoms with van der Waals surface area (Å²) >= 11 is 0. The number of hydrogen-bond acceptors (Lipinski definition) is 4. The Morgan fingerprint density at radius 3 is 2.75 bits per heavy atom. The fourth-order valence-electron chi connectivity index (χ4n) is 1.77. The second-order valence-electron chi connectivity index (χ2n) is 5.06. The highest BCUT2D eigenvalue weighted by molar-refractivity contribution is 5.78. The van der Waals surface area contributed by atoms with E-state index in [1.807, 2.05) is 11.9 Å². The zero-order valence-corrected chi connectivity index (χ0v) is 11.6. The van der Waals surface area contributed by atoms with Crippen molar-refractivity contribution in [1.29, 1.82) is 5.26 Å². The van der Waals surface area contributed by atoms with Crippen molar-refractivity contribution in [2.75, 3.05) is 26.7 Å². The smallest absolute Gasteiger partial charge is 0.234 e. The van der Waals surface area contributed by atoms with Gasteiger partial charge in [-0.3, -0.25) is 9.69 Å². The van der Waals surface area contributed by atoms with E-state index < -0.39 is 0 Å². The number of rotatable bonds is 7. The van der Waals surface area contributed by atoms with Crippen LogP contribution >= 0.6 is 0 Å². The summed E-state index contributed by atoms with van der Waals surface area (Å²) in [6.07, 6.45) is 2.22. The molecule has 2 rings (SSSR count). The van der Waals surface area contributed by atoms with Crippen molar-refractivity contribution < 1.29 is 9.53 Å². The van der Waals surface area contributed by atoms with Gasteiger partial charge in [0.1, 0.15) is 12.4 Å². The average molecular weight is 273 g/mol. The molecule has 0 unspecified atom stereocenters. The van der Waals surface area contributed by atoms with E-state index in [9.17, 15) is 4.79 Å². The van der Waals surface area contributed by atoms with Gasteiger partial charge in [-0.25, -0.2) is 0 Å². The molecule has 1 aliphatic carbocycles. The van der Waals surface area contributed by atoms with Crippen LogP contribution in [-0.2, 0) is 4.79 Å². The quantitative estimate of drug-likeness (QED) is 0.809. The highest BCUT2D eigenvalue weighted by Gasteiger charge is 2.23. The van der Waals surface area contributed by atoms with Crippen LogP contribution in [0.4, 0.5) is 0 Å². The van der Waals surface area contributed by atoms with Crippen molar-refractivity contribution in [2.24, 2.45) is 0 Å². The van der Waals surface area contributed by atoms with Crippen molar-refractivity contribution in [1.82, 2.24) is 10.2 Å². The van der Waals surface area contributed by atoms with Gasteiger partial charge in [0.2, 0.25) is 5.91 Å². The van der Waals surface area contributed by atoms with Gasteiger partial charge in [0, 0.05) is 12.6 Å². The monoisotopic (exact) mass is 273 g/mol. The van der Waals surface area contributed by atoms with Crippen LogP contribution < -0.4 is 10.1 Å². The SMILES string of the molecule is CN(CCOc1ccc(C#N)cc1)CC(=O)NC1CC1. The number of carbonyl (C=O) groups excluding carboxylic acids is 1. The molecule has 1 aliphatic rings. The van der Waals surface area contributed by atoms with Crippen molar-refractivity contribution >= 4 is 5.91 Å². The van der Waals surface area contributed by atoms with Gasteiger partial charge in [0.15, 0.2) is 0 Å². The van der Waals surface area contributed by atoms with Gasteiger partial charge < -0.3 is 10.1 Å². The molecule has 1 aromatic rings. The zero-order chi connectivity index (χ0) is 14.4. The Hall–Kier alpha value is -2.06. The Labute approximate surface area is 119 Å². The lowest BCUT2D eigenvalue weighted by molar-refractivity contribution is -0.122. The molecule has 1 N–H and O–H groups in total. The second-order valence-corrected chi connectivity index (χ2v) is 5.06. The number of nitrogens with one attached hydrogen (secondary N) is 1. The summed E-state index contributed by atoms with van der Waals surface area (Å²) in [4.78, 5) is 13.5. The van der Waals surface area contributed by atoms with Gasteiger partial charge in [-0.15, -0.1) is 0 Å². The van der Waals surface area contributed by atoms with Crippen LogP contribution in [0.5, 0.6) is 5.75 Å². The maximum atomic E-state index is 11.6. The topological polar surface area (TPSA) is 65.4 Å². The first-order valence-corrected chi connectivity index (χ1v) is 6.78. The molecule has 0 aromatic heterocycles. The fourth-order valence-corrected chi connectivity index (χ4v) is 1.77. The predicted molar refractivity (Wildman–Crippen MR) is 75.3 cm³/mol. The highest BCUT2D eigenvalue weighted by atomic mass is 16.5. The number of likely N-dealkylation sites (N-methyl/N-ethyl adjacent to an activating group) is 1. The molecular weight excluding hydrogens is 254 g/mol. The highest BCUT2D eigenvalue weighted by Crippen LogP contribution is 2.18. The number of carbonyl (C=O) groups is 1. The molecule has 0 aliphatic heterocycles. The second kappa shape index (κ2) is 6.92. The molecule has 0 spiro atoms. The number of hydrogen-bond donors (Lipinski definition) is 1. The van der Waals surface area contributed by atoms with E-state index in [2.05, 4.69) is 11.4 Å². The molecule has 1 saturated carbocycles. The third kappa shape index (κ3) is 4.90. The minimum absolute atomic E-state index is 0.0772. The van der Waals surface area contributed by atoms with Crippen LogP contribution in [0, 0.1) is 11.3 Å². The molecule has 0 atom stereocenters. The first-order valence-electron chi connectivity index (χ1n) is 6.78. The third-order valence-corrected chi connectivity index (χ3v) is 3.08.